The molecule has 1 aromatic rings. The van der Waals surface area contributed by atoms with Gasteiger partial charge in [0, 0.05) is 13.6 Å². The highest BCUT2D eigenvalue weighted by molar-refractivity contribution is 7.90. The van der Waals surface area contributed by atoms with Crippen molar-refractivity contribution in [2.24, 2.45) is 0 Å². The first-order valence-electron chi connectivity index (χ1n) is 6.76. The number of benzene rings is 1. The molecular weight excluding hydrogens is 333 g/mol. The normalized spacial score (nSPS) is 11.9. The van der Waals surface area contributed by atoms with Gasteiger partial charge in [0.25, 0.3) is 0 Å². The predicted octanol–water partition coefficient (Wildman–Crippen LogP) is 2.97. The zero-order valence-electron chi connectivity index (χ0n) is 12.2. The highest BCUT2D eigenvalue weighted by atomic mass is 35.5. The molecule has 5 nitrogen and oxygen atoms in total. The molecule has 0 saturated heterocycles. The van der Waals surface area contributed by atoms with E-state index in [2.05, 4.69) is 17.0 Å². The van der Waals surface area contributed by atoms with Crippen molar-refractivity contribution in [3.63, 3.8) is 0 Å². The number of nitrogens with zero attached hydrogens (tertiary/aromatic N) is 1. The van der Waals surface area contributed by atoms with Gasteiger partial charge < -0.3 is 5.32 Å². The van der Waals surface area contributed by atoms with Gasteiger partial charge in [-0.2, -0.15) is 12.7 Å². The van der Waals surface area contributed by atoms with E-state index in [1.54, 1.807) is 19.2 Å². The Kier molecular flexibility index (Phi) is 7.76. The highest BCUT2D eigenvalue weighted by Gasteiger charge is 2.17. The second-order valence-corrected chi connectivity index (χ2v) is 7.25. The minimum Gasteiger partial charge on any atom is -0.317 e. The van der Waals surface area contributed by atoms with Crippen molar-refractivity contribution >= 4 is 39.1 Å². The molecule has 0 spiro atoms. The van der Waals surface area contributed by atoms with Crippen LogP contribution >= 0.6 is 23.2 Å². The molecule has 0 fully saturated rings. The van der Waals surface area contributed by atoms with Crippen LogP contribution < -0.4 is 10.0 Å². The summed E-state index contributed by atoms with van der Waals surface area (Å²) < 4.78 is 28.0. The largest absolute Gasteiger partial charge is 0.317 e. The van der Waals surface area contributed by atoms with Crippen LogP contribution in [0.3, 0.4) is 0 Å². The number of anilines is 1. The Morgan fingerprint density at radius 2 is 1.90 bits per heavy atom. The fraction of sp³-hybridized carbons (Fsp3) is 0.538. The molecule has 0 atom stereocenters. The van der Waals surface area contributed by atoms with Crippen molar-refractivity contribution < 1.29 is 8.42 Å². The van der Waals surface area contributed by atoms with Crippen molar-refractivity contribution in [3.05, 3.63) is 28.2 Å². The molecule has 0 amide bonds. The van der Waals surface area contributed by atoms with E-state index in [4.69, 9.17) is 23.2 Å². The first kappa shape index (κ1) is 18.5. The molecule has 8 heteroatoms. The first-order chi connectivity index (χ1) is 9.86. The molecule has 0 radical (unpaired) electrons. The Bertz CT molecular complexity index is 552. The summed E-state index contributed by atoms with van der Waals surface area (Å²) in [5, 5.41) is 3.92. The summed E-state index contributed by atoms with van der Waals surface area (Å²) in [4.78, 5) is 0. The lowest BCUT2D eigenvalue weighted by molar-refractivity contribution is 0.458. The maximum Gasteiger partial charge on any atom is 0.301 e. The number of halogens is 2. The van der Waals surface area contributed by atoms with Crippen LogP contribution in [0.25, 0.3) is 0 Å². The maximum atomic E-state index is 12.1. The molecular formula is C13H21Cl2N3O2S. The summed E-state index contributed by atoms with van der Waals surface area (Å²) in [5.41, 5.74) is 0.389. The molecule has 0 saturated carbocycles. The average Bonchev–Trinajstić information content (AvgIpc) is 2.42. The molecule has 120 valence electrons. The molecule has 1 rings (SSSR count). The third-order valence-corrected chi connectivity index (χ3v) is 5.07. The van der Waals surface area contributed by atoms with Gasteiger partial charge in [0.2, 0.25) is 0 Å². The number of hydrogen-bond donors (Lipinski definition) is 2. The molecule has 21 heavy (non-hydrogen) atoms. The zero-order chi connectivity index (χ0) is 15.9. The summed E-state index contributed by atoms with van der Waals surface area (Å²) >= 11 is 11.7. The lowest BCUT2D eigenvalue weighted by Crippen LogP contribution is -2.34. The zero-order valence-corrected chi connectivity index (χ0v) is 14.5. The van der Waals surface area contributed by atoms with Crippen LogP contribution in [0.5, 0.6) is 0 Å². The second-order valence-electron chi connectivity index (χ2n) is 4.66. The van der Waals surface area contributed by atoms with E-state index in [9.17, 15) is 8.42 Å². The molecule has 0 aromatic heterocycles. The van der Waals surface area contributed by atoms with Crippen LogP contribution in [0.4, 0.5) is 5.69 Å². The SMILES string of the molecule is CCCNCCCN(C)S(=O)(=O)Nc1ccc(Cl)c(Cl)c1. The Labute approximate surface area is 136 Å². The minimum absolute atomic E-state index is 0.309. The monoisotopic (exact) mass is 353 g/mol. The van der Waals surface area contributed by atoms with Gasteiger partial charge in [-0.3, -0.25) is 4.72 Å². The second kappa shape index (κ2) is 8.80. The van der Waals surface area contributed by atoms with Gasteiger partial charge in [-0.15, -0.1) is 0 Å². The number of hydrogen-bond acceptors (Lipinski definition) is 3. The number of nitrogens with one attached hydrogen (secondary N) is 2. The fourth-order valence-electron chi connectivity index (χ4n) is 1.64. The summed E-state index contributed by atoms with van der Waals surface area (Å²) in [5.74, 6) is 0. The van der Waals surface area contributed by atoms with E-state index in [0.717, 1.165) is 25.9 Å². The predicted molar refractivity (Wildman–Crippen MR) is 89.4 cm³/mol. The van der Waals surface area contributed by atoms with Crippen LogP contribution in [0.2, 0.25) is 10.0 Å². The van der Waals surface area contributed by atoms with Crippen LogP contribution in [0.15, 0.2) is 18.2 Å². The average molecular weight is 354 g/mol. The van der Waals surface area contributed by atoms with Gasteiger partial charge in [0.05, 0.1) is 15.7 Å². The molecule has 0 aliphatic carbocycles. The van der Waals surface area contributed by atoms with Gasteiger partial charge in [-0.1, -0.05) is 30.1 Å². The van der Waals surface area contributed by atoms with Crippen molar-refractivity contribution in [3.8, 4) is 0 Å². The van der Waals surface area contributed by atoms with Gasteiger partial charge >= 0.3 is 10.2 Å². The van der Waals surface area contributed by atoms with E-state index in [1.807, 2.05) is 0 Å². The van der Waals surface area contributed by atoms with E-state index in [0.29, 0.717) is 22.3 Å². The van der Waals surface area contributed by atoms with E-state index in [1.165, 1.54) is 10.4 Å². The van der Waals surface area contributed by atoms with E-state index >= 15 is 0 Å². The highest BCUT2D eigenvalue weighted by Crippen LogP contribution is 2.25. The summed E-state index contributed by atoms with van der Waals surface area (Å²) in [6, 6.07) is 4.61. The number of rotatable bonds is 9. The van der Waals surface area contributed by atoms with Gasteiger partial charge in [0.15, 0.2) is 0 Å². The summed E-state index contributed by atoms with van der Waals surface area (Å²) in [6.45, 7) is 4.26. The summed E-state index contributed by atoms with van der Waals surface area (Å²) in [6.07, 6.45) is 1.81. The minimum atomic E-state index is -3.58. The molecule has 0 aliphatic heterocycles. The van der Waals surface area contributed by atoms with Gasteiger partial charge in [-0.05, 0) is 44.1 Å². The van der Waals surface area contributed by atoms with Crippen LogP contribution in [0, 0.1) is 0 Å². The third kappa shape index (κ3) is 6.40. The fourth-order valence-corrected chi connectivity index (χ4v) is 2.88. The molecule has 0 heterocycles. The Balaban J connectivity index is 2.53. The molecule has 2 N–H and O–H groups in total. The molecule has 0 unspecified atom stereocenters. The van der Waals surface area contributed by atoms with Crippen molar-refractivity contribution in [2.75, 3.05) is 31.4 Å². The molecule has 1 aromatic carbocycles. The van der Waals surface area contributed by atoms with Crippen molar-refractivity contribution in [1.29, 1.82) is 0 Å². The lowest BCUT2D eigenvalue weighted by atomic mass is 10.3. The first-order valence-corrected chi connectivity index (χ1v) is 8.96. The van der Waals surface area contributed by atoms with Gasteiger partial charge in [-0.25, -0.2) is 0 Å². The van der Waals surface area contributed by atoms with Crippen molar-refractivity contribution in [1.82, 2.24) is 9.62 Å². The van der Waals surface area contributed by atoms with Crippen LogP contribution in [0.1, 0.15) is 19.8 Å². The summed E-state index contributed by atoms with van der Waals surface area (Å²) in [7, 11) is -2.04. The van der Waals surface area contributed by atoms with Crippen LogP contribution in [-0.4, -0.2) is 39.4 Å². The Morgan fingerprint density at radius 1 is 1.19 bits per heavy atom. The van der Waals surface area contributed by atoms with E-state index in [-0.39, 0.29) is 0 Å². The quantitative estimate of drug-likeness (QED) is 0.671. The van der Waals surface area contributed by atoms with Crippen LogP contribution in [-0.2, 0) is 10.2 Å². The Morgan fingerprint density at radius 3 is 2.52 bits per heavy atom. The topological polar surface area (TPSA) is 61.4 Å². The Hall–Kier alpha value is -0.530. The standard InChI is InChI=1S/C13H21Cl2N3O2S/c1-3-7-16-8-4-9-18(2)21(19,20)17-11-5-6-12(14)13(15)10-11/h5-6,10,16-17H,3-4,7-9H2,1-2H3. The van der Waals surface area contributed by atoms with Gasteiger partial charge in [0.1, 0.15) is 0 Å². The molecule has 0 aliphatic rings. The smallest absolute Gasteiger partial charge is 0.301 e. The lowest BCUT2D eigenvalue weighted by Gasteiger charge is -2.18. The van der Waals surface area contributed by atoms with E-state index < -0.39 is 10.2 Å². The third-order valence-electron chi connectivity index (χ3n) is 2.83. The maximum absolute atomic E-state index is 12.1. The van der Waals surface area contributed by atoms with Crippen molar-refractivity contribution in [2.45, 2.75) is 19.8 Å². The molecule has 0 bridgehead atoms.